The van der Waals surface area contributed by atoms with Crippen LogP contribution in [0.2, 0.25) is 0 Å². The molecule has 0 aromatic heterocycles. The van der Waals surface area contributed by atoms with E-state index in [9.17, 15) is 4.79 Å². The van der Waals surface area contributed by atoms with Crippen molar-refractivity contribution in [1.82, 2.24) is 9.80 Å². The summed E-state index contributed by atoms with van der Waals surface area (Å²) in [6.45, 7) is 5.13. The molecule has 2 aromatic rings. The molecule has 4 aliphatic carbocycles. The van der Waals surface area contributed by atoms with E-state index >= 15 is 0 Å². The first-order valence-corrected chi connectivity index (χ1v) is 13.7. The molecule has 2 bridgehead atoms. The van der Waals surface area contributed by atoms with Crippen LogP contribution in [0.25, 0.3) is 0 Å². The molecule has 6 atom stereocenters. The number of piperidine rings is 1. The highest BCUT2D eigenvalue weighted by Crippen LogP contribution is 2.74. The third kappa shape index (κ3) is 2.65. The number of rotatable bonds is 4. The first-order valence-electron chi connectivity index (χ1n) is 13.7. The third-order valence-corrected chi connectivity index (χ3v) is 11.1. The number of carbonyl (C=O) groups excluding carboxylic acids is 1. The van der Waals surface area contributed by atoms with Crippen molar-refractivity contribution >= 4 is 5.91 Å². The summed E-state index contributed by atoms with van der Waals surface area (Å²) >= 11 is 0. The molecule has 3 heteroatoms. The number of likely N-dealkylation sites (tertiary alicyclic amines) is 1. The van der Waals surface area contributed by atoms with Crippen molar-refractivity contribution in [3.05, 3.63) is 71.3 Å². The van der Waals surface area contributed by atoms with Crippen LogP contribution < -0.4 is 0 Å². The first-order chi connectivity index (χ1) is 16.6. The van der Waals surface area contributed by atoms with Gasteiger partial charge in [-0.2, -0.15) is 0 Å². The lowest BCUT2D eigenvalue weighted by Gasteiger charge is -2.65. The van der Waals surface area contributed by atoms with Crippen molar-refractivity contribution in [2.24, 2.45) is 23.2 Å². The minimum absolute atomic E-state index is 0.198. The number of nitrogens with zero attached hydrogens (tertiary/aromatic N) is 2. The van der Waals surface area contributed by atoms with Crippen molar-refractivity contribution < 1.29 is 4.79 Å². The van der Waals surface area contributed by atoms with Crippen molar-refractivity contribution in [2.75, 3.05) is 20.1 Å². The number of fused-ring (bicyclic) bond motifs is 1. The van der Waals surface area contributed by atoms with Crippen LogP contribution in [0.4, 0.5) is 0 Å². The molecule has 0 N–H and O–H groups in total. The highest BCUT2D eigenvalue weighted by atomic mass is 16.2. The lowest BCUT2D eigenvalue weighted by molar-refractivity contribution is -0.116. The third-order valence-electron chi connectivity index (χ3n) is 11.1. The lowest BCUT2D eigenvalue weighted by atomic mass is 9.45. The minimum atomic E-state index is 0.198. The Hall–Kier alpha value is -2.13. The Morgan fingerprint density at radius 3 is 2.53 bits per heavy atom. The molecular weight excluding hydrogens is 416 g/mol. The van der Waals surface area contributed by atoms with E-state index in [0.29, 0.717) is 29.3 Å². The molecule has 1 spiro atoms. The molecule has 1 saturated heterocycles. The van der Waals surface area contributed by atoms with Gasteiger partial charge in [-0.15, -0.1) is 0 Å². The summed E-state index contributed by atoms with van der Waals surface area (Å²) in [5.41, 5.74) is 4.67. The van der Waals surface area contributed by atoms with Crippen LogP contribution in [0.3, 0.4) is 0 Å². The molecule has 5 aliphatic rings. The van der Waals surface area contributed by atoms with Crippen LogP contribution in [0.15, 0.2) is 54.6 Å². The lowest BCUT2D eigenvalue weighted by Crippen LogP contribution is -2.69. The Morgan fingerprint density at radius 2 is 1.74 bits per heavy atom. The maximum atomic E-state index is 13.6. The summed E-state index contributed by atoms with van der Waals surface area (Å²) in [7, 11) is 2.09. The van der Waals surface area contributed by atoms with E-state index in [4.69, 9.17) is 0 Å². The van der Waals surface area contributed by atoms with Gasteiger partial charge < -0.3 is 4.90 Å². The van der Waals surface area contributed by atoms with E-state index < -0.39 is 0 Å². The minimum Gasteiger partial charge on any atom is -0.338 e. The fraction of sp³-hybridized carbons (Fsp3) is 0.581. The van der Waals surface area contributed by atoms with Gasteiger partial charge in [0.25, 0.3) is 5.91 Å². The van der Waals surface area contributed by atoms with Gasteiger partial charge in [-0.05, 0) is 98.3 Å². The van der Waals surface area contributed by atoms with Crippen LogP contribution in [-0.4, -0.2) is 47.9 Å². The van der Waals surface area contributed by atoms with Crippen molar-refractivity contribution in [2.45, 2.75) is 69.4 Å². The average molecular weight is 455 g/mol. The van der Waals surface area contributed by atoms with E-state index in [1.54, 1.807) is 11.1 Å². The van der Waals surface area contributed by atoms with Crippen molar-refractivity contribution in [3.63, 3.8) is 0 Å². The largest absolute Gasteiger partial charge is 0.338 e. The predicted molar refractivity (Wildman–Crippen MR) is 136 cm³/mol. The summed E-state index contributed by atoms with van der Waals surface area (Å²) < 4.78 is 0. The second-order valence-corrected chi connectivity index (χ2v) is 12.2. The Kier molecular flexibility index (Phi) is 4.63. The first kappa shape index (κ1) is 21.2. The molecule has 0 radical (unpaired) electrons. The van der Waals surface area contributed by atoms with Crippen LogP contribution >= 0.6 is 0 Å². The smallest absolute Gasteiger partial charge is 0.253 e. The van der Waals surface area contributed by atoms with Gasteiger partial charge in [0.05, 0.1) is 0 Å². The van der Waals surface area contributed by atoms with Crippen LogP contribution in [0, 0.1) is 23.2 Å². The van der Waals surface area contributed by atoms with E-state index in [1.807, 2.05) is 30.3 Å². The van der Waals surface area contributed by atoms with Gasteiger partial charge in [-0.1, -0.05) is 42.5 Å². The molecule has 4 fully saturated rings. The molecule has 1 aliphatic heterocycles. The highest BCUT2D eigenvalue weighted by Gasteiger charge is 2.73. The summed E-state index contributed by atoms with van der Waals surface area (Å²) in [5, 5.41) is 0. The van der Waals surface area contributed by atoms with Gasteiger partial charge in [0.15, 0.2) is 0 Å². The Bertz CT molecular complexity index is 1110. The maximum Gasteiger partial charge on any atom is 0.253 e. The normalized spacial score (nSPS) is 38.2. The monoisotopic (exact) mass is 454 g/mol. The number of carbonyl (C=O) groups is 1. The fourth-order valence-electron chi connectivity index (χ4n) is 9.60. The summed E-state index contributed by atoms with van der Waals surface area (Å²) in [5.74, 6) is 2.40. The molecule has 7 rings (SSSR count). The van der Waals surface area contributed by atoms with Gasteiger partial charge >= 0.3 is 0 Å². The second-order valence-electron chi connectivity index (χ2n) is 12.2. The molecule has 178 valence electrons. The van der Waals surface area contributed by atoms with Gasteiger partial charge in [-0.3, -0.25) is 9.69 Å². The summed E-state index contributed by atoms with van der Waals surface area (Å²) in [4.78, 5) is 18.6. The number of hydrogen-bond donors (Lipinski definition) is 0. The topological polar surface area (TPSA) is 23.6 Å². The summed E-state index contributed by atoms with van der Waals surface area (Å²) in [6.07, 6.45) is 9.10. The van der Waals surface area contributed by atoms with E-state index in [-0.39, 0.29) is 11.3 Å². The second kappa shape index (κ2) is 7.43. The standard InChI is InChI=1S/C31H38N2O/c1-21-30-16-14-27(28(15-17-30)32(2)29(34)23-8-4-3-5-9-23)31(30)25(20-33(21)19-22-12-13-22)18-24-10-6-7-11-26(24)31/h3-11,21-22,25,27-28H,12-20H2,1-2H3. The fourth-order valence-corrected chi connectivity index (χ4v) is 9.60. The molecule has 1 amide bonds. The van der Waals surface area contributed by atoms with Gasteiger partial charge in [-0.25, -0.2) is 0 Å². The maximum absolute atomic E-state index is 13.6. The molecule has 3 saturated carbocycles. The summed E-state index contributed by atoms with van der Waals surface area (Å²) in [6, 6.07) is 20.3. The average Bonchev–Trinajstić information content (AvgIpc) is 3.59. The van der Waals surface area contributed by atoms with E-state index in [1.165, 1.54) is 51.6 Å². The van der Waals surface area contributed by atoms with Crippen molar-refractivity contribution in [1.29, 1.82) is 0 Å². The molecule has 3 nitrogen and oxygen atoms in total. The Morgan fingerprint density at radius 1 is 1.00 bits per heavy atom. The van der Waals surface area contributed by atoms with Gasteiger partial charge in [0.1, 0.15) is 0 Å². The van der Waals surface area contributed by atoms with Gasteiger partial charge in [0, 0.05) is 43.2 Å². The molecule has 34 heavy (non-hydrogen) atoms. The zero-order chi connectivity index (χ0) is 23.1. The van der Waals surface area contributed by atoms with E-state index in [0.717, 1.165) is 17.9 Å². The van der Waals surface area contributed by atoms with Crippen LogP contribution in [0.5, 0.6) is 0 Å². The molecular formula is C31H38N2O. The number of benzene rings is 2. The SMILES string of the molecule is CC1N(CC2CC2)CC2Cc3ccccc3C23C2CCC13CCC2N(C)C(=O)c1ccccc1. The zero-order valence-electron chi connectivity index (χ0n) is 20.7. The van der Waals surface area contributed by atoms with Crippen molar-refractivity contribution in [3.8, 4) is 0 Å². The predicted octanol–water partition coefficient (Wildman–Crippen LogP) is 5.54. The zero-order valence-corrected chi connectivity index (χ0v) is 20.7. The highest BCUT2D eigenvalue weighted by molar-refractivity contribution is 5.94. The van der Waals surface area contributed by atoms with Gasteiger partial charge in [0.2, 0.25) is 0 Å². The molecule has 6 unspecified atom stereocenters. The van der Waals surface area contributed by atoms with Crippen LogP contribution in [-0.2, 0) is 11.8 Å². The Balaban J connectivity index is 1.32. The number of amides is 1. The number of hydrogen-bond acceptors (Lipinski definition) is 2. The quantitative estimate of drug-likeness (QED) is 0.605. The molecule has 1 heterocycles. The van der Waals surface area contributed by atoms with E-state index in [2.05, 4.69) is 48.0 Å². The Labute approximate surface area is 204 Å². The molecule has 2 aromatic carbocycles. The van der Waals surface area contributed by atoms with Crippen LogP contribution in [0.1, 0.15) is 66.9 Å².